The second-order valence-electron chi connectivity index (χ2n) is 1.81. The van der Waals surface area contributed by atoms with Crippen molar-refractivity contribution >= 4 is 12.0 Å². The van der Waals surface area contributed by atoms with Gasteiger partial charge in [0.05, 0.1) is 6.20 Å². The van der Waals surface area contributed by atoms with Crippen LogP contribution < -0.4 is 5.73 Å². The number of terminal acetylenes is 1. The maximum absolute atomic E-state index is 8.85. The molecule has 0 aliphatic rings. The van der Waals surface area contributed by atoms with E-state index in [-0.39, 0.29) is 11.6 Å². The molecule has 62 valence electrons. The van der Waals surface area contributed by atoms with Crippen LogP contribution in [0.4, 0.5) is 5.82 Å². The Labute approximate surface area is 70.6 Å². The highest BCUT2D eigenvalue weighted by Gasteiger charge is 1.96. The normalized spacial score (nSPS) is 7.83. The number of rotatable bonds is 1. The standard InChI is InChI=1S/C6H7N3O.C2H2/c7-2-4-1-5(10)3-9-6(4)8;1-2/h1-3,7,10H,(H2,8,9);1-2H. The van der Waals surface area contributed by atoms with Crippen molar-refractivity contribution in [2.45, 2.75) is 0 Å². The van der Waals surface area contributed by atoms with Crippen LogP contribution in [-0.2, 0) is 0 Å². The molecule has 0 aliphatic carbocycles. The molecule has 0 bridgehead atoms. The van der Waals surface area contributed by atoms with Gasteiger partial charge >= 0.3 is 0 Å². The Balaban J connectivity index is 0.000000561. The quantitative estimate of drug-likeness (QED) is 0.419. The van der Waals surface area contributed by atoms with Gasteiger partial charge in [0.1, 0.15) is 11.6 Å². The SMILES string of the molecule is C#C.N=Cc1cc(O)cnc1N. The molecule has 0 atom stereocenters. The first-order chi connectivity index (χ1) is 5.74. The molecule has 4 nitrogen and oxygen atoms in total. The summed E-state index contributed by atoms with van der Waals surface area (Å²) >= 11 is 0. The second kappa shape index (κ2) is 4.74. The first kappa shape index (κ1) is 9.98. The minimum Gasteiger partial charge on any atom is -0.506 e. The molecule has 4 heteroatoms. The molecule has 1 rings (SSSR count). The van der Waals surface area contributed by atoms with Crippen molar-refractivity contribution in [2.24, 2.45) is 0 Å². The van der Waals surface area contributed by atoms with E-state index in [1.807, 2.05) is 0 Å². The Kier molecular flexibility index (Phi) is 3.94. The summed E-state index contributed by atoms with van der Waals surface area (Å²) in [6.45, 7) is 0. The zero-order valence-electron chi connectivity index (χ0n) is 6.36. The third-order valence-electron chi connectivity index (χ3n) is 1.09. The molecular weight excluding hydrogens is 154 g/mol. The molecule has 12 heavy (non-hydrogen) atoms. The average Bonchev–Trinajstić information content (AvgIpc) is 2.13. The molecule has 0 fully saturated rings. The molecule has 1 heterocycles. The van der Waals surface area contributed by atoms with Crippen molar-refractivity contribution in [3.63, 3.8) is 0 Å². The molecule has 0 aromatic carbocycles. The molecule has 0 radical (unpaired) electrons. The Morgan fingerprint density at radius 1 is 1.58 bits per heavy atom. The predicted octanol–water partition coefficient (Wildman–Crippen LogP) is 0.616. The van der Waals surface area contributed by atoms with Crippen molar-refractivity contribution in [3.8, 4) is 18.6 Å². The van der Waals surface area contributed by atoms with Crippen molar-refractivity contribution in [2.75, 3.05) is 5.73 Å². The molecule has 0 saturated carbocycles. The van der Waals surface area contributed by atoms with Gasteiger partial charge in [0.25, 0.3) is 0 Å². The predicted molar refractivity (Wildman–Crippen MR) is 48.1 cm³/mol. The zero-order chi connectivity index (χ0) is 9.56. The maximum Gasteiger partial charge on any atom is 0.134 e. The van der Waals surface area contributed by atoms with Gasteiger partial charge in [-0.15, -0.1) is 12.8 Å². The highest BCUT2D eigenvalue weighted by Crippen LogP contribution is 2.12. The smallest absolute Gasteiger partial charge is 0.134 e. The fourth-order valence-electron chi connectivity index (χ4n) is 0.596. The van der Waals surface area contributed by atoms with Crippen molar-refractivity contribution in [1.29, 1.82) is 5.41 Å². The summed E-state index contributed by atoms with van der Waals surface area (Å²) in [5.41, 5.74) is 5.76. The van der Waals surface area contributed by atoms with Gasteiger partial charge in [-0.1, -0.05) is 0 Å². The molecular formula is C8H9N3O. The van der Waals surface area contributed by atoms with E-state index >= 15 is 0 Å². The van der Waals surface area contributed by atoms with Crippen molar-refractivity contribution in [3.05, 3.63) is 17.8 Å². The Bertz CT molecular complexity index is 294. The van der Waals surface area contributed by atoms with E-state index in [0.29, 0.717) is 5.56 Å². The van der Waals surface area contributed by atoms with Gasteiger partial charge in [0, 0.05) is 11.8 Å². The first-order valence-electron chi connectivity index (χ1n) is 3.02. The van der Waals surface area contributed by atoms with Crippen LogP contribution >= 0.6 is 0 Å². The lowest BCUT2D eigenvalue weighted by atomic mass is 10.3. The van der Waals surface area contributed by atoms with Gasteiger partial charge in [-0.3, -0.25) is 0 Å². The summed E-state index contributed by atoms with van der Waals surface area (Å²) < 4.78 is 0. The maximum atomic E-state index is 8.85. The van der Waals surface area contributed by atoms with Crippen LogP contribution in [0.2, 0.25) is 0 Å². The second-order valence-corrected chi connectivity index (χ2v) is 1.81. The molecule has 0 unspecified atom stereocenters. The summed E-state index contributed by atoms with van der Waals surface area (Å²) in [4.78, 5) is 3.63. The molecule has 1 aromatic rings. The number of nitrogen functional groups attached to an aromatic ring is 1. The lowest BCUT2D eigenvalue weighted by Crippen LogP contribution is -1.94. The minimum atomic E-state index is 0.0210. The van der Waals surface area contributed by atoms with Crippen LogP contribution in [0.5, 0.6) is 5.75 Å². The topological polar surface area (TPSA) is 83.0 Å². The molecule has 0 saturated heterocycles. The Hall–Kier alpha value is -2.02. The van der Waals surface area contributed by atoms with Crippen LogP contribution in [0.3, 0.4) is 0 Å². The summed E-state index contributed by atoms with van der Waals surface area (Å²) in [6.07, 6.45) is 10.3. The van der Waals surface area contributed by atoms with Crippen molar-refractivity contribution < 1.29 is 5.11 Å². The summed E-state index contributed by atoms with van der Waals surface area (Å²) in [5.74, 6) is 0.278. The highest BCUT2D eigenvalue weighted by molar-refractivity contribution is 5.83. The fourth-order valence-corrected chi connectivity index (χ4v) is 0.596. The Morgan fingerprint density at radius 3 is 2.58 bits per heavy atom. The number of hydrogen-bond donors (Lipinski definition) is 3. The number of pyridine rings is 1. The number of aromatic hydroxyl groups is 1. The van der Waals surface area contributed by atoms with Crippen LogP contribution in [0.25, 0.3) is 0 Å². The van der Waals surface area contributed by atoms with Gasteiger partial charge in [0.2, 0.25) is 0 Å². The summed E-state index contributed by atoms with van der Waals surface area (Å²) in [7, 11) is 0. The van der Waals surface area contributed by atoms with Crippen molar-refractivity contribution in [1.82, 2.24) is 4.98 Å². The van der Waals surface area contributed by atoms with E-state index in [1.54, 1.807) is 0 Å². The minimum absolute atomic E-state index is 0.0210. The first-order valence-corrected chi connectivity index (χ1v) is 3.02. The summed E-state index contributed by atoms with van der Waals surface area (Å²) in [6, 6.07) is 1.38. The van der Waals surface area contributed by atoms with E-state index in [0.717, 1.165) is 6.21 Å². The molecule has 4 N–H and O–H groups in total. The summed E-state index contributed by atoms with van der Waals surface area (Å²) in [5, 5.41) is 15.7. The van der Waals surface area contributed by atoms with E-state index in [4.69, 9.17) is 16.2 Å². The molecule has 0 spiro atoms. The highest BCUT2D eigenvalue weighted by atomic mass is 16.3. The lowest BCUT2D eigenvalue weighted by Gasteiger charge is -1.96. The number of hydrogen-bond acceptors (Lipinski definition) is 4. The fraction of sp³-hybridized carbons (Fsp3) is 0. The monoisotopic (exact) mass is 163 g/mol. The number of aromatic nitrogens is 1. The van der Waals surface area contributed by atoms with Crippen LogP contribution in [0.1, 0.15) is 5.56 Å². The van der Waals surface area contributed by atoms with E-state index < -0.39 is 0 Å². The largest absolute Gasteiger partial charge is 0.506 e. The van der Waals surface area contributed by atoms with Crippen LogP contribution in [-0.4, -0.2) is 16.3 Å². The average molecular weight is 163 g/mol. The van der Waals surface area contributed by atoms with Gasteiger partial charge < -0.3 is 16.2 Å². The number of nitrogens with zero attached hydrogens (tertiary/aromatic N) is 1. The number of nitrogens with one attached hydrogen (secondary N) is 1. The van der Waals surface area contributed by atoms with E-state index in [1.165, 1.54) is 12.3 Å². The third-order valence-corrected chi connectivity index (χ3v) is 1.09. The molecule has 1 aromatic heterocycles. The lowest BCUT2D eigenvalue weighted by molar-refractivity contribution is 0.473. The van der Waals surface area contributed by atoms with Gasteiger partial charge in [-0.05, 0) is 6.07 Å². The van der Waals surface area contributed by atoms with Gasteiger partial charge in [-0.2, -0.15) is 0 Å². The van der Waals surface area contributed by atoms with E-state index in [2.05, 4.69) is 17.8 Å². The van der Waals surface area contributed by atoms with E-state index in [9.17, 15) is 0 Å². The molecule has 0 amide bonds. The number of nitrogens with two attached hydrogens (primary N) is 1. The van der Waals surface area contributed by atoms with Gasteiger partial charge in [-0.25, -0.2) is 4.98 Å². The third kappa shape index (κ3) is 2.31. The van der Waals surface area contributed by atoms with Gasteiger partial charge in [0.15, 0.2) is 0 Å². The molecule has 0 aliphatic heterocycles. The zero-order valence-corrected chi connectivity index (χ0v) is 6.36. The van der Waals surface area contributed by atoms with Crippen LogP contribution in [0, 0.1) is 18.3 Å². The number of anilines is 1. The Morgan fingerprint density at radius 2 is 2.17 bits per heavy atom. The van der Waals surface area contributed by atoms with Crippen LogP contribution in [0.15, 0.2) is 12.3 Å².